The second-order valence-electron chi connectivity index (χ2n) is 10.5. The van der Waals surface area contributed by atoms with Gasteiger partial charge in [-0.2, -0.15) is 0 Å². The fourth-order valence-electron chi connectivity index (χ4n) is 5.41. The number of hydrogen-bond donors (Lipinski definition) is 0. The number of carbonyl (C=O) groups excluding carboxylic acids is 2. The molecule has 0 saturated carbocycles. The van der Waals surface area contributed by atoms with Gasteiger partial charge in [0.15, 0.2) is 11.6 Å². The van der Waals surface area contributed by atoms with E-state index in [0.29, 0.717) is 11.1 Å². The van der Waals surface area contributed by atoms with Crippen molar-refractivity contribution in [2.24, 2.45) is 0 Å². The monoisotopic (exact) mass is 586 g/mol. The molecule has 2 heterocycles. The fourth-order valence-corrected chi connectivity index (χ4v) is 5.41. The summed E-state index contributed by atoms with van der Waals surface area (Å²) in [7, 11) is 0. The van der Waals surface area contributed by atoms with Crippen LogP contribution >= 0.6 is 0 Å². The molecule has 0 aliphatic rings. The fraction of sp³-hybridized carbons (Fsp3) is 0.105. The summed E-state index contributed by atoms with van der Waals surface area (Å²) in [6.45, 7) is 6.94. The van der Waals surface area contributed by atoms with E-state index in [4.69, 9.17) is 0 Å². The quantitative estimate of drug-likeness (QED) is 0.182. The van der Waals surface area contributed by atoms with E-state index in [1.54, 1.807) is 38.1 Å². The van der Waals surface area contributed by atoms with Gasteiger partial charge in [-0.25, -0.2) is 8.78 Å². The molecule has 4 nitrogen and oxygen atoms in total. The zero-order valence-electron chi connectivity index (χ0n) is 25.0. The van der Waals surface area contributed by atoms with E-state index < -0.39 is 0 Å². The number of aromatic nitrogens is 2. The molecule has 0 bridgehead atoms. The molecule has 2 aromatic heterocycles. The minimum atomic E-state index is -0.276. The Morgan fingerprint density at radius 3 is 1.11 bits per heavy atom. The van der Waals surface area contributed by atoms with E-state index in [0.717, 1.165) is 45.3 Å². The number of nitrogens with zero attached hydrogens (tertiary/aromatic N) is 2. The summed E-state index contributed by atoms with van der Waals surface area (Å²) in [6.07, 6.45) is 0. The number of rotatable bonds is 6. The first kappa shape index (κ1) is 30.1. The number of hydrogen-bond acceptors (Lipinski definition) is 2. The lowest BCUT2D eigenvalue weighted by molar-refractivity contribution is 0.100. The molecular weight excluding hydrogens is 554 g/mol. The molecule has 4 aromatic carbocycles. The minimum Gasteiger partial charge on any atom is -0.313 e. The summed E-state index contributed by atoms with van der Waals surface area (Å²) < 4.78 is 30.4. The number of benzene rings is 4. The molecule has 0 amide bonds. The average molecular weight is 587 g/mol. The highest BCUT2D eigenvalue weighted by Crippen LogP contribution is 2.31. The van der Waals surface area contributed by atoms with Crippen LogP contribution in [0.2, 0.25) is 0 Å². The Balaban J connectivity index is 0.000000175. The van der Waals surface area contributed by atoms with Crippen LogP contribution in [0.15, 0.2) is 121 Å². The first-order chi connectivity index (χ1) is 21.2. The molecule has 0 aliphatic carbocycles. The molecule has 6 rings (SSSR count). The van der Waals surface area contributed by atoms with Gasteiger partial charge >= 0.3 is 0 Å². The van der Waals surface area contributed by atoms with Crippen molar-refractivity contribution in [2.75, 3.05) is 0 Å². The van der Waals surface area contributed by atoms with E-state index in [1.807, 2.05) is 95.8 Å². The highest BCUT2D eigenvalue weighted by Gasteiger charge is 2.18. The first-order valence-corrected chi connectivity index (χ1v) is 14.2. The van der Waals surface area contributed by atoms with Gasteiger partial charge in [-0.1, -0.05) is 60.7 Å². The lowest BCUT2D eigenvalue weighted by Crippen LogP contribution is -2.01. The zero-order chi connectivity index (χ0) is 31.4. The third-order valence-electron chi connectivity index (χ3n) is 7.56. The third-order valence-corrected chi connectivity index (χ3v) is 7.56. The average Bonchev–Trinajstić information content (AvgIpc) is 3.56. The van der Waals surface area contributed by atoms with Crippen molar-refractivity contribution in [1.29, 1.82) is 0 Å². The number of halogens is 2. The molecule has 0 atom stereocenters. The van der Waals surface area contributed by atoms with Crippen LogP contribution in [0.1, 0.15) is 46.0 Å². The van der Waals surface area contributed by atoms with Crippen molar-refractivity contribution < 1.29 is 18.4 Å². The summed E-state index contributed by atoms with van der Waals surface area (Å²) in [5.74, 6) is -0.505. The van der Waals surface area contributed by atoms with Crippen molar-refractivity contribution >= 4 is 11.6 Å². The third kappa shape index (κ3) is 6.20. The van der Waals surface area contributed by atoms with E-state index >= 15 is 0 Å². The van der Waals surface area contributed by atoms with Crippen LogP contribution in [-0.2, 0) is 0 Å². The van der Waals surface area contributed by atoms with Crippen LogP contribution in [0, 0.1) is 25.5 Å². The molecule has 44 heavy (non-hydrogen) atoms. The molecule has 0 aliphatic heterocycles. The van der Waals surface area contributed by atoms with Crippen LogP contribution in [-0.4, -0.2) is 20.7 Å². The van der Waals surface area contributed by atoms with Crippen LogP contribution in [0.4, 0.5) is 8.78 Å². The van der Waals surface area contributed by atoms with Gasteiger partial charge in [0, 0.05) is 33.9 Å². The predicted octanol–water partition coefficient (Wildman–Crippen LogP) is 9.59. The summed E-state index contributed by atoms with van der Waals surface area (Å²) in [5.41, 5.74) is 8.65. The largest absolute Gasteiger partial charge is 0.313 e. The highest BCUT2D eigenvalue weighted by molar-refractivity contribution is 5.98. The van der Waals surface area contributed by atoms with E-state index in [2.05, 4.69) is 0 Å². The Morgan fingerprint density at radius 2 is 0.818 bits per heavy atom. The van der Waals surface area contributed by atoms with Crippen molar-refractivity contribution in [3.05, 3.63) is 155 Å². The maximum absolute atomic E-state index is 13.2. The van der Waals surface area contributed by atoms with Gasteiger partial charge < -0.3 is 9.13 Å². The summed E-state index contributed by atoms with van der Waals surface area (Å²) in [6, 6.07) is 36.1. The topological polar surface area (TPSA) is 44.0 Å². The van der Waals surface area contributed by atoms with Gasteiger partial charge in [0.05, 0.1) is 11.4 Å². The molecule has 6 aromatic rings. The Hall–Kier alpha value is -5.36. The number of Topliss-reactive ketones (excluding diaryl/α,β-unsaturated/α-hetero) is 2. The molecule has 0 radical (unpaired) electrons. The minimum absolute atomic E-state index is 0.0237. The highest BCUT2D eigenvalue weighted by atomic mass is 19.1. The van der Waals surface area contributed by atoms with E-state index in [1.165, 1.54) is 24.3 Å². The van der Waals surface area contributed by atoms with E-state index in [-0.39, 0.29) is 23.2 Å². The van der Waals surface area contributed by atoms with E-state index in [9.17, 15) is 18.4 Å². The molecule has 6 heteroatoms. The zero-order valence-corrected chi connectivity index (χ0v) is 25.0. The summed E-state index contributed by atoms with van der Waals surface area (Å²) in [4.78, 5) is 23.8. The number of carbonyl (C=O) groups is 2. The molecule has 0 fully saturated rings. The van der Waals surface area contributed by atoms with Gasteiger partial charge in [-0.05, 0) is 99.5 Å². The normalized spacial score (nSPS) is 10.7. The molecule has 220 valence electrons. The van der Waals surface area contributed by atoms with Gasteiger partial charge in [0.2, 0.25) is 0 Å². The van der Waals surface area contributed by atoms with Crippen LogP contribution < -0.4 is 0 Å². The Labute approximate surface area is 255 Å². The molecule has 0 N–H and O–H groups in total. The SMILES string of the molecule is CC(=O)c1cc(-c2ccccc2)n(-c2ccc(F)cc2)c1C.CC(=O)c1cc(-c2ccccc2)n(-c2ccc(F)cc2)c1C. The van der Waals surface area contributed by atoms with Gasteiger partial charge in [-0.3, -0.25) is 9.59 Å². The van der Waals surface area contributed by atoms with Crippen LogP contribution in [0.5, 0.6) is 0 Å². The maximum Gasteiger partial charge on any atom is 0.161 e. The second kappa shape index (κ2) is 12.9. The van der Waals surface area contributed by atoms with Crippen LogP contribution in [0.3, 0.4) is 0 Å². The Kier molecular flexibility index (Phi) is 8.81. The first-order valence-electron chi connectivity index (χ1n) is 14.2. The van der Waals surface area contributed by atoms with Crippen molar-refractivity contribution in [2.45, 2.75) is 27.7 Å². The molecular formula is C38H32F2N2O2. The van der Waals surface area contributed by atoms with Gasteiger partial charge in [0.1, 0.15) is 11.6 Å². The van der Waals surface area contributed by atoms with Crippen molar-refractivity contribution in [3.63, 3.8) is 0 Å². The predicted molar refractivity (Wildman–Crippen MR) is 172 cm³/mol. The Morgan fingerprint density at radius 1 is 0.500 bits per heavy atom. The second-order valence-corrected chi connectivity index (χ2v) is 10.5. The van der Waals surface area contributed by atoms with Gasteiger partial charge in [-0.15, -0.1) is 0 Å². The Bertz CT molecular complexity index is 1780. The molecule has 0 saturated heterocycles. The summed E-state index contributed by atoms with van der Waals surface area (Å²) in [5, 5.41) is 0. The molecule has 0 unspecified atom stereocenters. The van der Waals surface area contributed by atoms with Crippen molar-refractivity contribution in [1.82, 2.24) is 9.13 Å². The lowest BCUT2D eigenvalue weighted by Gasteiger charge is -2.12. The number of ketones is 2. The molecule has 0 spiro atoms. The van der Waals surface area contributed by atoms with Crippen molar-refractivity contribution in [3.8, 4) is 33.9 Å². The van der Waals surface area contributed by atoms with Crippen LogP contribution in [0.25, 0.3) is 33.9 Å². The lowest BCUT2D eigenvalue weighted by atomic mass is 10.1. The standard InChI is InChI=1S/2C19H16FNO/c2*1-13-18(14(2)22)12-19(15-6-4-3-5-7-15)21(13)17-10-8-16(20)9-11-17/h2*3-12H,1-2H3. The smallest absolute Gasteiger partial charge is 0.161 e. The summed E-state index contributed by atoms with van der Waals surface area (Å²) >= 11 is 0. The maximum atomic E-state index is 13.2. The van der Waals surface area contributed by atoms with Gasteiger partial charge in [0.25, 0.3) is 0 Å².